The van der Waals surface area contributed by atoms with Crippen LogP contribution in [-0.2, 0) is 36.9 Å². The number of fused-ring (bicyclic) bond motifs is 1. The maximum Gasteiger partial charge on any atom is 0.326 e. The van der Waals surface area contributed by atoms with Gasteiger partial charge < -0.3 is 49.0 Å². The number of urea groups is 1. The van der Waals surface area contributed by atoms with Crippen LogP contribution in [0.3, 0.4) is 0 Å². The fourth-order valence-corrected chi connectivity index (χ4v) is 12.6. The number of aromatic nitrogens is 7. The fourth-order valence-electron chi connectivity index (χ4n) is 12.4. The third kappa shape index (κ3) is 16.1. The molecule has 4 amide bonds. The molecule has 0 bridgehead atoms. The predicted molar refractivity (Wildman–Crippen MR) is 356 cm³/mol. The number of nitrogens with zero attached hydrogens (tertiary/aromatic N) is 13. The van der Waals surface area contributed by atoms with E-state index in [0.29, 0.717) is 107 Å². The molecule has 1 saturated carbocycles. The number of ether oxygens (including phenoxy) is 5. The van der Waals surface area contributed by atoms with E-state index in [2.05, 4.69) is 40.7 Å². The summed E-state index contributed by atoms with van der Waals surface area (Å²) >= 11 is 12.7. The van der Waals surface area contributed by atoms with Crippen molar-refractivity contribution in [1.29, 1.82) is 0 Å². The molecule has 94 heavy (non-hydrogen) atoms. The van der Waals surface area contributed by atoms with Gasteiger partial charge in [0.05, 0.1) is 101 Å². The molecule has 3 aromatic carbocycles. The Balaban J connectivity index is 0.559. The predicted octanol–water partition coefficient (Wildman–Crippen LogP) is 8.25. The Kier molecular flexibility index (Phi) is 22.1. The number of hydrogen-bond donors (Lipinski definition) is 2. The first-order valence-electron chi connectivity index (χ1n) is 31.9. The normalized spacial score (nSPS) is 17.1. The second-order valence-corrected chi connectivity index (χ2v) is 24.8. The molecule has 3 aliphatic heterocycles. The van der Waals surface area contributed by atoms with Crippen LogP contribution in [0.5, 0.6) is 11.5 Å². The van der Waals surface area contributed by atoms with E-state index in [9.17, 15) is 19.2 Å². The number of ketones is 1. The van der Waals surface area contributed by atoms with Gasteiger partial charge in [0.15, 0.2) is 5.78 Å². The van der Waals surface area contributed by atoms with Crippen LogP contribution in [0.2, 0.25) is 10.0 Å². The standard InChI is InChI=1S/C67H79Cl2N15O10/c1-43(2)94-56-36-53(90-5)19-20-54(56)63-74-61(46-10-14-48(68)15-11-46)62(47-12-16-49(69)17-13-47)84(63)67(89)81-28-27-80(59(87)42-81)41-58(86)70-22-30-91-32-34-93-35-33-92-31-29-82-40-50(76-77-82)39-78-23-25-79(26-24-78)52-18-21-57(71-37-52)73-66-72-38-55-44(3)60(45(4)85)65(88)83(64(55)75-66)51-8-6-7-9-51/h10-21,36-38,40,43,51,61-62H,6-9,22-35,39,41-42H2,1-5H3,(H,70,86)(H,71,72,73,75)/t61-,62+/m1/s1. The summed E-state index contributed by atoms with van der Waals surface area (Å²) in [6.45, 7) is 13.8. The van der Waals surface area contributed by atoms with Crippen LogP contribution in [0.1, 0.15) is 103 Å². The topological polar surface area (TPSA) is 258 Å². The SMILES string of the molecule is COc1ccc(C2=N[C@H](c3ccc(Cl)cc3)[C@H](c3ccc(Cl)cc3)N2C(=O)N2CCN(CC(=O)NCCOCCOCCOCCn3cc(CN4CCN(c5ccc(Nc6ncc7c(C)c(C(C)=O)c(=O)n(C8CCCC8)c7n6)nc5)CC4)nn3)C(=O)C2)c(OC(C)C)c1. The second-order valence-electron chi connectivity index (χ2n) is 23.9. The van der Waals surface area contributed by atoms with Crippen molar-refractivity contribution < 1.29 is 42.9 Å². The lowest BCUT2D eigenvalue weighted by Gasteiger charge is -2.38. The number of anilines is 3. The van der Waals surface area contributed by atoms with Crippen molar-refractivity contribution in [2.45, 2.75) is 90.7 Å². The quantitative estimate of drug-likeness (QED) is 0.0363. The molecule has 496 valence electrons. The molecular weight excluding hydrogens is 1250 g/mol. The smallest absolute Gasteiger partial charge is 0.326 e. The number of piperazine rings is 2. The number of Topliss-reactive ketones (excluding diaryl/α,β-unsaturated/α-hetero) is 1. The maximum absolute atomic E-state index is 15.1. The molecule has 7 aromatic rings. The van der Waals surface area contributed by atoms with Gasteiger partial charge in [-0.2, -0.15) is 4.98 Å². The van der Waals surface area contributed by atoms with Gasteiger partial charge in [0.25, 0.3) is 5.56 Å². The molecule has 3 fully saturated rings. The Labute approximate surface area is 555 Å². The molecule has 0 spiro atoms. The molecule has 2 N–H and O–H groups in total. The highest BCUT2D eigenvalue weighted by molar-refractivity contribution is 6.30. The number of amides is 4. The van der Waals surface area contributed by atoms with Gasteiger partial charge in [0.1, 0.15) is 41.4 Å². The van der Waals surface area contributed by atoms with Gasteiger partial charge in [-0.3, -0.25) is 38.5 Å². The van der Waals surface area contributed by atoms with Crippen molar-refractivity contribution in [3.8, 4) is 11.5 Å². The van der Waals surface area contributed by atoms with Gasteiger partial charge >= 0.3 is 6.03 Å². The van der Waals surface area contributed by atoms with Crippen LogP contribution in [0.15, 0.2) is 107 Å². The Morgan fingerprint density at radius 2 is 1.49 bits per heavy atom. The Bertz CT molecular complexity index is 3900. The molecule has 7 heterocycles. The molecule has 11 rings (SSSR count). The summed E-state index contributed by atoms with van der Waals surface area (Å²) in [6, 6.07) is 22.3. The first-order chi connectivity index (χ1) is 45.6. The van der Waals surface area contributed by atoms with E-state index in [1.165, 1.54) is 16.7 Å². The summed E-state index contributed by atoms with van der Waals surface area (Å²) in [5.74, 6) is 1.33. The Morgan fingerprint density at radius 1 is 0.787 bits per heavy atom. The lowest BCUT2D eigenvalue weighted by atomic mass is 9.93. The summed E-state index contributed by atoms with van der Waals surface area (Å²) in [7, 11) is 1.57. The fraction of sp³-hybridized carbons (Fsp3) is 0.448. The Hall–Kier alpha value is -8.59. The maximum atomic E-state index is 15.1. The zero-order valence-electron chi connectivity index (χ0n) is 53.5. The molecule has 4 aliphatic rings. The van der Waals surface area contributed by atoms with Gasteiger partial charge in [0.2, 0.25) is 17.8 Å². The Morgan fingerprint density at radius 3 is 2.16 bits per heavy atom. The lowest BCUT2D eigenvalue weighted by molar-refractivity contribution is -0.139. The van der Waals surface area contributed by atoms with Gasteiger partial charge in [-0.1, -0.05) is 65.5 Å². The summed E-state index contributed by atoms with van der Waals surface area (Å²) < 4.78 is 32.5. The van der Waals surface area contributed by atoms with Crippen molar-refractivity contribution >= 4 is 81.2 Å². The minimum Gasteiger partial charge on any atom is -0.497 e. The van der Waals surface area contributed by atoms with Crippen molar-refractivity contribution in [3.63, 3.8) is 0 Å². The number of benzene rings is 3. The zero-order valence-corrected chi connectivity index (χ0v) is 55.1. The molecule has 25 nitrogen and oxygen atoms in total. The minimum absolute atomic E-state index is 0.00666. The third-order valence-corrected chi connectivity index (χ3v) is 17.6. The number of methoxy groups -OCH3 is 1. The van der Waals surface area contributed by atoms with Crippen molar-refractivity contribution in [2.75, 3.05) is 116 Å². The highest BCUT2D eigenvalue weighted by Gasteiger charge is 2.46. The zero-order chi connectivity index (χ0) is 65.8. The molecular formula is C67H79Cl2N15O10. The van der Waals surface area contributed by atoms with Crippen molar-refractivity contribution in [1.82, 2.24) is 59.4 Å². The van der Waals surface area contributed by atoms with Gasteiger partial charge in [0, 0.05) is 92.3 Å². The van der Waals surface area contributed by atoms with E-state index < -0.39 is 18.1 Å². The molecule has 27 heteroatoms. The highest BCUT2D eigenvalue weighted by atomic mass is 35.5. The highest BCUT2D eigenvalue weighted by Crippen LogP contribution is 2.46. The number of carbonyl (C=O) groups excluding carboxylic acids is 4. The molecule has 0 radical (unpaired) electrons. The van der Waals surface area contributed by atoms with E-state index in [1.54, 1.807) is 70.8 Å². The first-order valence-corrected chi connectivity index (χ1v) is 32.7. The molecule has 2 saturated heterocycles. The molecule has 4 aromatic heterocycles. The van der Waals surface area contributed by atoms with Crippen LogP contribution in [-0.4, -0.2) is 195 Å². The van der Waals surface area contributed by atoms with Crippen LogP contribution in [0.4, 0.5) is 22.2 Å². The van der Waals surface area contributed by atoms with E-state index in [0.717, 1.165) is 74.4 Å². The summed E-state index contributed by atoms with van der Waals surface area (Å²) in [5, 5.41) is 16.5. The van der Waals surface area contributed by atoms with E-state index in [-0.39, 0.29) is 80.2 Å². The molecule has 0 unspecified atom stereocenters. The molecule has 2 atom stereocenters. The van der Waals surface area contributed by atoms with E-state index in [1.807, 2.05) is 68.7 Å². The number of halogens is 2. The average Bonchev–Trinajstić information content (AvgIpc) is 1.38. The summed E-state index contributed by atoms with van der Waals surface area (Å²) in [5.41, 5.74) is 5.10. The summed E-state index contributed by atoms with van der Waals surface area (Å²) in [6.07, 6.45) is 9.06. The minimum atomic E-state index is -0.657. The number of amidine groups is 1. The van der Waals surface area contributed by atoms with Crippen LogP contribution in [0, 0.1) is 6.92 Å². The molecule has 1 aliphatic carbocycles. The number of pyridine rings is 2. The number of hydrogen-bond acceptors (Lipinski definition) is 19. The van der Waals surface area contributed by atoms with Gasteiger partial charge in [-0.15, -0.1) is 5.10 Å². The van der Waals surface area contributed by atoms with Gasteiger partial charge in [-0.25, -0.2) is 19.4 Å². The monoisotopic (exact) mass is 1320 g/mol. The van der Waals surface area contributed by atoms with Crippen molar-refractivity contribution in [2.24, 2.45) is 4.99 Å². The number of aryl methyl sites for hydroxylation is 1. The van der Waals surface area contributed by atoms with E-state index >= 15 is 4.79 Å². The largest absolute Gasteiger partial charge is 0.497 e. The average molecular weight is 1330 g/mol. The van der Waals surface area contributed by atoms with Crippen LogP contribution < -0.4 is 30.6 Å². The number of rotatable bonds is 27. The van der Waals surface area contributed by atoms with Crippen molar-refractivity contribution in [3.05, 3.63) is 151 Å². The number of aliphatic imine (C=N–C) groups is 1. The number of nitrogens with one attached hydrogen (secondary N) is 2. The lowest BCUT2D eigenvalue weighted by Crippen LogP contribution is -2.57. The summed E-state index contributed by atoms with van der Waals surface area (Å²) in [4.78, 5) is 96.6. The van der Waals surface area contributed by atoms with Crippen LogP contribution >= 0.6 is 23.2 Å². The van der Waals surface area contributed by atoms with Gasteiger partial charge in [-0.05, 0) is 106 Å². The van der Waals surface area contributed by atoms with E-state index in [4.69, 9.17) is 56.9 Å². The number of carbonyl (C=O) groups is 4. The first kappa shape index (κ1) is 66.9. The third-order valence-electron chi connectivity index (χ3n) is 17.1. The van der Waals surface area contributed by atoms with Crippen LogP contribution in [0.25, 0.3) is 11.0 Å². The second kappa shape index (κ2) is 31.1.